The predicted octanol–water partition coefficient (Wildman–Crippen LogP) is 1.20. The molecule has 0 saturated heterocycles. The number of carbonyl (C=O) groups excluding carboxylic acids is 2. The Morgan fingerprint density at radius 2 is 2.00 bits per heavy atom. The van der Waals surface area contributed by atoms with E-state index in [1.807, 2.05) is 19.2 Å². The van der Waals surface area contributed by atoms with Gasteiger partial charge in [-0.05, 0) is 26.0 Å². The van der Waals surface area contributed by atoms with Gasteiger partial charge in [0.15, 0.2) is 11.0 Å². The van der Waals surface area contributed by atoms with E-state index in [1.165, 1.54) is 11.8 Å². The number of rotatable bonds is 5. The highest BCUT2D eigenvalue weighted by Crippen LogP contribution is 2.25. The number of thioether (sulfide) groups is 1. The minimum Gasteiger partial charge on any atom is -0.338 e. The molecular formula is C14H18N6O2S. The van der Waals surface area contributed by atoms with Gasteiger partial charge in [0, 0.05) is 31.5 Å². The van der Waals surface area contributed by atoms with Gasteiger partial charge in [0.1, 0.15) is 0 Å². The van der Waals surface area contributed by atoms with Gasteiger partial charge in [-0.25, -0.2) is 4.79 Å². The largest absolute Gasteiger partial charge is 0.338 e. The van der Waals surface area contributed by atoms with Gasteiger partial charge in [-0.3, -0.25) is 15.1 Å². The summed E-state index contributed by atoms with van der Waals surface area (Å²) < 4.78 is 1.80. The van der Waals surface area contributed by atoms with Gasteiger partial charge in [0.05, 0.1) is 5.25 Å². The summed E-state index contributed by atoms with van der Waals surface area (Å²) in [5.41, 5.74) is 0.890. The van der Waals surface area contributed by atoms with E-state index in [0.29, 0.717) is 17.5 Å². The Balaban J connectivity index is 2.05. The average molecular weight is 334 g/mol. The van der Waals surface area contributed by atoms with Crippen LogP contribution in [-0.4, -0.2) is 43.5 Å². The first-order valence-corrected chi connectivity index (χ1v) is 7.96. The molecule has 0 spiro atoms. The summed E-state index contributed by atoms with van der Waals surface area (Å²) in [6, 6.07) is 3.17. The van der Waals surface area contributed by atoms with Gasteiger partial charge in [0.2, 0.25) is 5.91 Å². The average Bonchev–Trinajstić information content (AvgIpc) is 2.89. The molecule has 2 aromatic rings. The Labute approximate surface area is 138 Å². The van der Waals surface area contributed by atoms with Crippen molar-refractivity contribution in [3.63, 3.8) is 0 Å². The minimum absolute atomic E-state index is 0.380. The fraction of sp³-hybridized carbons (Fsp3) is 0.357. The SMILES string of the molecule is CCNC(=O)NC(=O)[C@H](C)Sc1nnc(-c2ccncc2)n1C. The zero-order valence-corrected chi connectivity index (χ0v) is 13.9. The van der Waals surface area contributed by atoms with E-state index in [4.69, 9.17) is 0 Å². The molecule has 1 atom stereocenters. The normalized spacial score (nSPS) is 11.8. The summed E-state index contributed by atoms with van der Waals surface area (Å²) in [5.74, 6) is 0.306. The monoisotopic (exact) mass is 334 g/mol. The molecule has 0 aromatic carbocycles. The van der Waals surface area contributed by atoms with Gasteiger partial charge in [-0.1, -0.05) is 11.8 Å². The van der Waals surface area contributed by atoms with E-state index in [-0.39, 0.29) is 5.91 Å². The van der Waals surface area contributed by atoms with Crippen molar-refractivity contribution in [3.05, 3.63) is 24.5 Å². The van der Waals surface area contributed by atoms with E-state index in [0.717, 1.165) is 5.56 Å². The number of nitrogens with zero attached hydrogens (tertiary/aromatic N) is 4. The molecule has 0 aliphatic heterocycles. The van der Waals surface area contributed by atoms with Gasteiger partial charge in [-0.2, -0.15) is 0 Å². The fourth-order valence-electron chi connectivity index (χ4n) is 1.80. The Bertz CT molecular complexity index is 688. The lowest BCUT2D eigenvalue weighted by molar-refractivity contribution is -0.119. The van der Waals surface area contributed by atoms with E-state index in [1.54, 1.807) is 30.8 Å². The molecule has 8 nitrogen and oxygen atoms in total. The highest BCUT2D eigenvalue weighted by atomic mass is 32.2. The summed E-state index contributed by atoms with van der Waals surface area (Å²) in [6.45, 7) is 3.95. The Morgan fingerprint density at radius 3 is 2.65 bits per heavy atom. The number of hydrogen-bond acceptors (Lipinski definition) is 6. The topological polar surface area (TPSA) is 102 Å². The molecule has 2 heterocycles. The first kappa shape index (κ1) is 16.9. The van der Waals surface area contributed by atoms with Crippen molar-refractivity contribution in [2.45, 2.75) is 24.3 Å². The van der Waals surface area contributed by atoms with Crippen molar-refractivity contribution in [2.24, 2.45) is 7.05 Å². The van der Waals surface area contributed by atoms with E-state index >= 15 is 0 Å². The van der Waals surface area contributed by atoms with Gasteiger partial charge in [-0.15, -0.1) is 10.2 Å². The number of urea groups is 1. The second-order valence-electron chi connectivity index (χ2n) is 4.71. The summed E-state index contributed by atoms with van der Waals surface area (Å²) in [7, 11) is 1.83. The zero-order chi connectivity index (χ0) is 16.8. The molecule has 0 aliphatic rings. The fourth-order valence-corrected chi connectivity index (χ4v) is 2.61. The van der Waals surface area contributed by atoms with Crippen LogP contribution in [-0.2, 0) is 11.8 Å². The molecule has 0 saturated carbocycles. The van der Waals surface area contributed by atoms with E-state index in [2.05, 4.69) is 25.8 Å². The number of imide groups is 1. The predicted molar refractivity (Wildman–Crippen MR) is 86.8 cm³/mol. The zero-order valence-electron chi connectivity index (χ0n) is 13.1. The van der Waals surface area contributed by atoms with Gasteiger partial charge in [0.25, 0.3) is 0 Å². The first-order valence-electron chi connectivity index (χ1n) is 7.08. The van der Waals surface area contributed by atoms with Crippen LogP contribution in [0.1, 0.15) is 13.8 Å². The van der Waals surface area contributed by atoms with Crippen LogP contribution in [0.25, 0.3) is 11.4 Å². The first-order chi connectivity index (χ1) is 11.0. The molecule has 2 aromatic heterocycles. The smallest absolute Gasteiger partial charge is 0.321 e. The number of hydrogen-bond donors (Lipinski definition) is 2. The quantitative estimate of drug-likeness (QED) is 0.797. The highest BCUT2D eigenvalue weighted by molar-refractivity contribution is 8.00. The van der Waals surface area contributed by atoms with Crippen LogP contribution in [0.4, 0.5) is 4.79 Å². The maximum Gasteiger partial charge on any atom is 0.321 e. The highest BCUT2D eigenvalue weighted by Gasteiger charge is 2.20. The summed E-state index contributed by atoms with van der Waals surface area (Å²) in [6.07, 6.45) is 3.36. The van der Waals surface area contributed by atoms with Crippen LogP contribution >= 0.6 is 11.8 Å². The minimum atomic E-state index is -0.500. The molecule has 2 N–H and O–H groups in total. The van der Waals surface area contributed by atoms with Crippen molar-refractivity contribution in [3.8, 4) is 11.4 Å². The van der Waals surface area contributed by atoms with Crippen LogP contribution in [0.3, 0.4) is 0 Å². The lowest BCUT2D eigenvalue weighted by Gasteiger charge is -2.11. The summed E-state index contributed by atoms with van der Waals surface area (Å²) in [4.78, 5) is 27.3. The lowest BCUT2D eigenvalue weighted by Crippen LogP contribution is -2.42. The van der Waals surface area contributed by atoms with Crippen LogP contribution in [0.5, 0.6) is 0 Å². The molecule has 0 aliphatic carbocycles. The van der Waals surface area contributed by atoms with Crippen LogP contribution in [0.2, 0.25) is 0 Å². The summed E-state index contributed by atoms with van der Waals surface area (Å²) in [5, 5.41) is 13.2. The second-order valence-corrected chi connectivity index (χ2v) is 6.02. The maximum atomic E-state index is 12.0. The van der Waals surface area contributed by atoms with Crippen molar-refractivity contribution in [1.82, 2.24) is 30.4 Å². The van der Waals surface area contributed by atoms with E-state index < -0.39 is 11.3 Å². The molecule has 0 unspecified atom stereocenters. The third-order valence-electron chi connectivity index (χ3n) is 3.00. The maximum absolute atomic E-state index is 12.0. The number of aromatic nitrogens is 4. The molecule has 23 heavy (non-hydrogen) atoms. The van der Waals surface area contributed by atoms with Crippen molar-refractivity contribution >= 4 is 23.7 Å². The molecule has 3 amide bonds. The molecule has 0 bridgehead atoms. The third-order valence-corrected chi connectivity index (χ3v) is 4.13. The van der Waals surface area contributed by atoms with Crippen molar-refractivity contribution < 1.29 is 9.59 Å². The third kappa shape index (κ3) is 4.28. The molecule has 0 radical (unpaired) electrons. The Kier molecular flexibility index (Phi) is 5.69. The second kappa shape index (κ2) is 7.73. The number of carbonyl (C=O) groups is 2. The van der Waals surface area contributed by atoms with Crippen molar-refractivity contribution in [2.75, 3.05) is 6.54 Å². The van der Waals surface area contributed by atoms with Crippen LogP contribution < -0.4 is 10.6 Å². The molecular weight excluding hydrogens is 316 g/mol. The summed E-state index contributed by atoms with van der Waals surface area (Å²) >= 11 is 1.24. The lowest BCUT2D eigenvalue weighted by atomic mass is 10.2. The number of pyridine rings is 1. The number of nitrogens with one attached hydrogen (secondary N) is 2. The molecule has 2 rings (SSSR count). The number of amides is 3. The standard InChI is InChI=1S/C14H18N6O2S/c1-4-16-13(22)17-12(21)9(2)23-14-19-18-11(20(14)3)10-5-7-15-8-6-10/h5-9H,4H2,1-3H3,(H2,16,17,21,22)/t9-/m0/s1. The molecule has 9 heteroatoms. The Hall–Kier alpha value is -2.42. The van der Waals surface area contributed by atoms with Gasteiger partial charge < -0.3 is 9.88 Å². The van der Waals surface area contributed by atoms with E-state index in [9.17, 15) is 9.59 Å². The van der Waals surface area contributed by atoms with Crippen LogP contribution in [0, 0.1) is 0 Å². The van der Waals surface area contributed by atoms with Crippen LogP contribution in [0.15, 0.2) is 29.7 Å². The molecule has 122 valence electrons. The Morgan fingerprint density at radius 1 is 1.30 bits per heavy atom. The van der Waals surface area contributed by atoms with Crippen molar-refractivity contribution in [1.29, 1.82) is 0 Å². The molecule has 0 fully saturated rings. The van der Waals surface area contributed by atoms with Gasteiger partial charge >= 0.3 is 6.03 Å².